The zero-order chi connectivity index (χ0) is 15.2. The van der Waals surface area contributed by atoms with E-state index in [2.05, 4.69) is 4.98 Å². The fraction of sp³-hybridized carbons (Fsp3) is 0. The number of aromatic nitrogens is 1. The maximum atomic E-state index is 11.8. The summed E-state index contributed by atoms with van der Waals surface area (Å²) in [6.45, 7) is 0. The van der Waals surface area contributed by atoms with Gasteiger partial charge in [0.25, 0.3) is 0 Å². The number of thiophene rings is 1. The predicted octanol–water partition coefficient (Wildman–Crippen LogP) is 4.53. The Morgan fingerprint density at radius 3 is 2.55 bits per heavy atom. The lowest BCUT2D eigenvalue weighted by Crippen LogP contribution is -2.05. The van der Waals surface area contributed by atoms with Crippen molar-refractivity contribution in [1.29, 1.82) is 0 Å². The highest BCUT2D eigenvalue weighted by Gasteiger charge is 2.08. The van der Waals surface area contributed by atoms with Crippen molar-refractivity contribution in [2.24, 2.45) is 0 Å². The number of pyridine rings is 1. The molecule has 2 aromatic heterocycles. The quantitative estimate of drug-likeness (QED) is 0.525. The van der Waals surface area contributed by atoms with Crippen LogP contribution in [0.5, 0.6) is 5.75 Å². The molecule has 108 valence electrons. The van der Waals surface area contributed by atoms with Crippen molar-refractivity contribution in [3.8, 4) is 5.75 Å². The Bertz CT molecular complexity index is 763. The summed E-state index contributed by atoms with van der Waals surface area (Å²) in [5.74, 6) is 0.208. The lowest BCUT2D eigenvalue weighted by molar-refractivity contribution is 0.0740. The number of carbonyl (C=O) groups excluding carboxylic acids is 1. The Morgan fingerprint density at radius 2 is 1.86 bits per heavy atom. The van der Waals surface area contributed by atoms with Crippen molar-refractivity contribution < 1.29 is 9.53 Å². The average Bonchev–Trinajstić information content (AvgIpc) is 3.10. The third-order valence-corrected chi connectivity index (χ3v) is 3.80. The molecule has 0 aliphatic carbocycles. The van der Waals surface area contributed by atoms with Crippen molar-refractivity contribution in [2.45, 2.75) is 0 Å². The van der Waals surface area contributed by atoms with E-state index in [1.54, 1.807) is 24.4 Å². The highest BCUT2D eigenvalue weighted by Crippen LogP contribution is 2.17. The topological polar surface area (TPSA) is 39.2 Å². The summed E-state index contributed by atoms with van der Waals surface area (Å²) in [6, 6.07) is 16.7. The van der Waals surface area contributed by atoms with E-state index in [1.807, 2.05) is 53.9 Å². The SMILES string of the molecule is O=C(Oc1ccc(/C=C/c2ccccn2)cc1)c1cccs1. The van der Waals surface area contributed by atoms with Crippen LogP contribution in [0.1, 0.15) is 20.9 Å². The summed E-state index contributed by atoms with van der Waals surface area (Å²) in [5.41, 5.74) is 1.91. The molecule has 22 heavy (non-hydrogen) atoms. The second kappa shape index (κ2) is 6.83. The van der Waals surface area contributed by atoms with Gasteiger partial charge in [0.1, 0.15) is 10.6 Å². The highest BCUT2D eigenvalue weighted by molar-refractivity contribution is 7.12. The number of hydrogen-bond acceptors (Lipinski definition) is 4. The molecule has 0 bridgehead atoms. The Balaban J connectivity index is 1.65. The van der Waals surface area contributed by atoms with E-state index in [9.17, 15) is 4.79 Å². The van der Waals surface area contributed by atoms with Crippen LogP contribution < -0.4 is 4.74 Å². The lowest BCUT2D eigenvalue weighted by atomic mass is 10.2. The van der Waals surface area contributed by atoms with Crippen molar-refractivity contribution in [2.75, 3.05) is 0 Å². The van der Waals surface area contributed by atoms with Crippen LogP contribution in [0.3, 0.4) is 0 Å². The van der Waals surface area contributed by atoms with Gasteiger partial charge < -0.3 is 4.74 Å². The molecule has 3 rings (SSSR count). The van der Waals surface area contributed by atoms with Crippen molar-refractivity contribution in [3.05, 3.63) is 82.3 Å². The minimum absolute atomic E-state index is 0.327. The number of rotatable bonds is 4. The van der Waals surface area contributed by atoms with Gasteiger partial charge in [-0.3, -0.25) is 4.98 Å². The van der Waals surface area contributed by atoms with Crippen LogP contribution in [-0.2, 0) is 0 Å². The van der Waals surface area contributed by atoms with Crippen LogP contribution >= 0.6 is 11.3 Å². The van der Waals surface area contributed by atoms with Crippen LogP contribution in [-0.4, -0.2) is 11.0 Å². The number of benzene rings is 1. The summed E-state index contributed by atoms with van der Waals surface area (Å²) in [5, 5.41) is 1.85. The smallest absolute Gasteiger partial charge is 0.353 e. The number of hydrogen-bond donors (Lipinski definition) is 0. The van der Waals surface area contributed by atoms with E-state index in [1.165, 1.54) is 11.3 Å². The minimum atomic E-state index is -0.327. The third kappa shape index (κ3) is 3.68. The van der Waals surface area contributed by atoms with Gasteiger partial charge in [-0.25, -0.2) is 4.79 Å². The summed E-state index contributed by atoms with van der Waals surface area (Å²) < 4.78 is 5.31. The fourth-order valence-electron chi connectivity index (χ4n) is 1.86. The molecule has 0 unspecified atom stereocenters. The van der Waals surface area contributed by atoms with E-state index in [4.69, 9.17) is 4.74 Å². The number of carbonyl (C=O) groups is 1. The Morgan fingerprint density at radius 1 is 1.00 bits per heavy atom. The first kappa shape index (κ1) is 14.2. The van der Waals surface area contributed by atoms with Crippen molar-refractivity contribution in [1.82, 2.24) is 4.98 Å². The predicted molar refractivity (Wildman–Crippen MR) is 88.9 cm³/mol. The van der Waals surface area contributed by atoms with Gasteiger partial charge in [-0.1, -0.05) is 30.3 Å². The number of esters is 1. The molecule has 0 saturated heterocycles. The molecule has 0 fully saturated rings. The van der Waals surface area contributed by atoms with E-state index >= 15 is 0 Å². The molecule has 0 atom stereocenters. The normalized spacial score (nSPS) is 10.7. The monoisotopic (exact) mass is 307 g/mol. The van der Waals surface area contributed by atoms with Crippen LogP contribution in [0, 0.1) is 0 Å². The first-order chi connectivity index (χ1) is 10.8. The van der Waals surface area contributed by atoms with Crippen LogP contribution in [0.4, 0.5) is 0 Å². The van der Waals surface area contributed by atoms with E-state index in [-0.39, 0.29) is 5.97 Å². The van der Waals surface area contributed by atoms with Crippen LogP contribution in [0.25, 0.3) is 12.2 Å². The third-order valence-electron chi connectivity index (χ3n) is 2.95. The van der Waals surface area contributed by atoms with Gasteiger partial charge in [0.2, 0.25) is 0 Å². The molecule has 0 radical (unpaired) electrons. The second-order valence-electron chi connectivity index (χ2n) is 4.52. The zero-order valence-electron chi connectivity index (χ0n) is 11.7. The molecule has 3 aromatic rings. The first-order valence-corrected chi connectivity index (χ1v) is 7.64. The highest BCUT2D eigenvalue weighted by atomic mass is 32.1. The molecule has 4 heteroatoms. The maximum absolute atomic E-state index is 11.8. The number of ether oxygens (including phenoxy) is 1. The standard InChI is InChI=1S/C18H13NO2S/c20-18(17-5-3-13-22-17)21-16-10-7-14(8-11-16)6-9-15-4-1-2-12-19-15/h1-13H/b9-6+. The molecule has 0 N–H and O–H groups in total. The Labute approximate surface area is 132 Å². The van der Waals surface area contributed by atoms with Crippen molar-refractivity contribution in [3.63, 3.8) is 0 Å². The molecule has 0 amide bonds. The van der Waals surface area contributed by atoms with Gasteiger partial charge in [-0.2, -0.15) is 0 Å². The molecular formula is C18H13NO2S. The molecule has 3 nitrogen and oxygen atoms in total. The van der Waals surface area contributed by atoms with Gasteiger partial charge in [0.15, 0.2) is 0 Å². The van der Waals surface area contributed by atoms with Gasteiger partial charge in [0.05, 0.1) is 5.69 Å². The van der Waals surface area contributed by atoms with Gasteiger partial charge in [0, 0.05) is 6.20 Å². The molecule has 0 aliphatic rings. The Hall–Kier alpha value is -2.72. The number of nitrogens with zero attached hydrogens (tertiary/aromatic N) is 1. The van der Waals surface area contributed by atoms with E-state index in [0.717, 1.165) is 11.3 Å². The zero-order valence-corrected chi connectivity index (χ0v) is 12.5. The van der Waals surface area contributed by atoms with E-state index in [0.29, 0.717) is 10.6 Å². The molecule has 1 aromatic carbocycles. The largest absolute Gasteiger partial charge is 0.422 e. The van der Waals surface area contributed by atoms with Crippen LogP contribution in [0.15, 0.2) is 66.2 Å². The van der Waals surface area contributed by atoms with Crippen molar-refractivity contribution >= 4 is 29.5 Å². The Kier molecular flexibility index (Phi) is 4.41. The average molecular weight is 307 g/mol. The van der Waals surface area contributed by atoms with Gasteiger partial charge >= 0.3 is 5.97 Å². The molecular weight excluding hydrogens is 294 g/mol. The van der Waals surface area contributed by atoms with Crippen LogP contribution in [0.2, 0.25) is 0 Å². The second-order valence-corrected chi connectivity index (χ2v) is 5.47. The summed E-state index contributed by atoms with van der Waals surface area (Å²) in [7, 11) is 0. The van der Waals surface area contributed by atoms with Gasteiger partial charge in [-0.05, 0) is 47.4 Å². The molecule has 0 spiro atoms. The maximum Gasteiger partial charge on any atom is 0.353 e. The summed E-state index contributed by atoms with van der Waals surface area (Å²) in [4.78, 5) is 16.7. The summed E-state index contributed by atoms with van der Waals surface area (Å²) in [6.07, 6.45) is 5.66. The molecule has 2 heterocycles. The van der Waals surface area contributed by atoms with E-state index < -0.39 is 0 Å². The van der Waals surface area contributed by atoms with Gasteiger partial charge in [-0.15, -0.1) is 11.3 Å². The summed E-state index contributed by atoms with van der Waals surface area (Å²) >= 11 is 1.37. The first-order valence-electron chi connectivity index (χ1n) is 6.76. The molecule has 0 aliphatic heterocycles. The fourth-order valence-corrected chi connectivity index (χ4v) is 2.45. The minimum Gasteiger partial charge on any atom is -0.422 e. The lowest BCUT2D eigenvalue weighted by Gasteiger charge is -2.02. The molecule has 0 saturated carbocycles.